The van der Waals surface area contributed by atoms with Gasteiger partial charge in [-0.05, 0) is 30.9 Å². The normalized spacial score (nSPS) is 17.0. The summed E-state index contributed by atoms with van der Waals surface area (Å²) in [6.45, 7) is 4.29. The molecule has 4 rings (SSSR count). The fourth-order valence-corrected chi connectivity index (χ4v) is 5.01. The third-order valence-corrected chi connectivity index (χ3v) is 6.49. The summed E-state index contributed by atoms with van der Waals surface area (Å²) in [6.07, 6.45) is 0.152. The summed E-state index contributed by atoms with van der Waals surface area (Å²) in [5, 5.41) is 5.61. The van der Waals surface area contributed by atoms with Crippen LogP contribution in [0.15, 0.2) is 82.0 Å². The van der Waals surface area contributed by atoms with Crippen LogP contribution in [0.5, 0.6) is 5.75 Å². The molecule has 0 saturated heterocycles. The Labute approximate surface area is 203 Å². The number of hydrogen-bond acceptors (Lipinski definition) is 7. The van der Waals surface area contributed by atoms with Crippen molar-refractivity contribution < 1.29 is 19.1 Å². The van der Waals surface area contributed by atoms with E-state index in [9.17, 15) is 9.59 Å². The number of ether oxygens (including phenoxy) is 2. The minimum absolute atomic E-state index is 0.111. The number of amides is 1. The zero-order chi connectivity index (χ0) is 24.1. The second kappa shape index (κ2) is 10.6. The first kappa shape index (κ1) is 23.6. The van der Waals surface area contributed by atoms with E-state index < -0.39 is 12.0 Å². The summed E-state index contributed by atoms with van der Waals surface area (Å²) in [5.74, 6) is 0.108. The first-order valence-electron chi connectivity index (χ1n) is 11.1. The molecule has 1 atom stereocenters. The number of allylic oxidation sites excluding steroid dienone is 1. The van der Waals surface area contributed by atoms with E-state index >= 15 is 0 Å². The van der Waals surface area contributed by atoms with Crippen molar-refractivity contribution in [3.63, 3.8) is 0 Å². The number of thioether (sulfide) groups is 1. The van der Waals surface area contributed by atoms with Crippen molar-refractivity contribution in [2.45, 2.75) is 32.9 Å². The Morgan fingerprint density at radius 3 is 2.59 bits per heavy atom. The Kier molecular flexibility index (Phi) is 7.37. The van der Waals surface area contributed by atoms with Crippen LogP contribution in [0, 0.1) is 0 Å². The molecule has 7 nitrogen and oxygen atoms in total. The predicted molar refractivity (Wildman–Crippen MR) is 133 cm³/mol. The molecule has 8 heteroatoms. The van der Waals surface area contributed by atoms with Crippen LogP contribution in [-0.2, 0) is 20.9 Å². The Bertz CT molecular complexity index is 1170. The molecular weight excluding hydrogens is 450 g/mol. The number of benzene rings is 2. The van der Waals surface area contributed by atoms with Crippen molar-refractivity contribution in [1.82, 2.24) is 10.2 Å². The zero-order valence-corrected chi connectivity index (χ0v) is 20.2. The van der Waals surface area contributed by atoms with E-state index in [-0.39, 0.29) is 18.9 Å². The third-order valence-electron chi connectivity index (χ3n) is 5.60. The van der Waals surface area contributed by atoms with Crippen LogP contribution in [0.2, 0.25) is 0 Å². The maximum Gasteiger partial charge on any atom is 0.338 e. The molecule has 2 aliphatic rings. The highest BCUT2D eigenvalue weighted by Gasteiger charge is 2.42. The molecule has 0 fully saturated rings. The molecule has 34 heavy (non-hydrogen) atoms. The van der Waals surface area contributed by atoms with Gasteiger partial charge in [-0.1, -0.05) is 60.3 Å². The van der Waals surface area contributed by atoms with Gasteiger partial charge in [0.2, 0.25) is 5.91 Å². The molecule has 1 N–H and O–H groups in total. The molecule has 0 radical (unpaired) electrons. The highest BCUT2D eigenvalue weighted by Crippen LogP contribution is 2.46. The van der Waals surface area contributed by atoms with E-state index in [1.807, 2.05) is 71.8 Å². The number of aliphatic imine (C=N–C) groups is 1. The molecule has 1 amide bonds. The van der Waals surface area contributed by atoms with Crippen LogP contribution >= 0.6 is 11.8 Å². The summed E-state index contributed by atoms with van der Waals surface area (Å²) in [4.78, 5) is 32.5. The highest BCUT2D eigenvalue weighted by atomic mass is 32.2. The molecule has 0 spiro atoms. The lowest BCUT2D eigenvalue weighted by atomic mass is 9.93. The Hall–Kier alpha value is -3.52. The van der Waals surface area contributed by atoms with Crippen LogP contribution in [0.4, 0.5) is 0 Å². The van der Waals surface area contributed by atoms with Crippen LogP contribution in [-0.4, -0.2) is 35.7 Å². The van der Waals surface area contributed by atoms with Gasteiger partial charge in [0, 0.05) is 17.8 Å². The van der Waals surface area contributed by atoms with Crippen LogP contribution < -0.4 is 10.1 Å². The molecular formula is C26H27N3O4S. The summed E-state index contributed by atoms with van der Waals surface area (Å²) in [7, 11) is 1.60. The van der Waals surface area contributed by atoms with E-state index in [0.29, 0.717) is 28.7 Å². The molecule has 0 bridgehead atoms. The van der Waals surface area contributed by atoms with E-state index in [4.69, 9.17) is 9.47 Å². The molecule has 0 saturated carbocycles. The lowest BCUT2D eigenvalue weighted by Gasteiger charge is -2.36. The minimum Gasteiger partial charge on any atom is -0.496 e. The van der Waals surface area contributed by atoms with E-state index in [1.165, 1.54) is 11.8 Å². The molecule has 2 aromatic rings. The molecule has 2 aliphatic heterocycles. The van der Waals surface area contributed by atoms with Crippen molar-refractivity contribution in [1.29, 1.82) is 0 Å². The van der Waals surface area contributed by atoms with Gasteiger partial charge in [-0.2, -0.15) is 0 Å². The number of amidine groups is 1. The zero-order valence-electron chi connectivity index (χ0n) is 19.4. The number of hydrogen-bond donors (Lipinski definition) is 1. The van der Waals surface area contributed by atoms with Gasteiger partial charge in [-0.25, -0.2) is 9.79 Å². The maximum atomic E-state index is 13.0. The molecule has 0 aromatic heterocycles. The number of fused-ring (bicyclic) bond motifs is 1. The van der Waals surface area contributed by atoms with Gasteiger partial charge in [0.15, 0.2) is 5.17 Å². The lowest BCUT2D eigenvalue weighted by Crippen LogP contribution is -2.38. The average Bonchev–Trinajstić information content (AvgIpc) is 3.24. The summed E-state index contributed by atoms with van der Waals surface area (Å²) < 4.78 is 11.0. The summed E-state index contributed by atoms with van der Waals surface area (Å²) >= 11 is 1.44. The average molecular weight is 478 g/mol. The SMILES string of the molecule is CCOC(=O)C1=C(C)N=C2SC=C(CC(=O)NCc3ccccc3)N2C1c1ccccc1OC. The van der Waals surface area contributed by atoms with Crippen molar-refractivity contribution in [2.24, 2.45) is 4.99 Å². The Balaban J connectivity index is 1.64. The first-order valence-corrected chi connectivity index (χ1v) is 12.0. The quantitative estimate of drug-likeness (QED) is 0.563. The van der Waals surface area contributed by atoms with Gasteiger partial charge in [0.05, 0.1) is 37.4 Å². The van der Waals surface area contributed by atoms with E-state index in [2.05, 4.69) is 10.3 Å². The fourth-order valence-electron chi connectivity index (χ4n) is 4.05. The molecule has 1 unspecified atom stereocenters. The number of para-hydroxylation sites is 1. The van der Waals surface area contributed by atoms with Crippen molar-refractivity contribution in [3.8, 4) is 5.75 Å². The standard InChI is InChI=1S/C26H27N3O4S/c1-4-33-25(31)23-17(2)28-26-29(24(23)20-12-8-9-13-21(20)32-3)19(16-34-26)14-22(30)27-15-18-10-6-5-7-11-18/h5-13,16,24H,4,14-15H2,1-3H3,(H,27,30). The third kappa shape index (κ3) is 4.87. The Morgan fingerprint density at radius 2 is 1.85 bits per heavy atom. The van der Waals surface area contributed by atoms with Crippen molar-refractivity contribution >= 4 is 28.8 Å². The molecule has 2 heterocycles. The second-order valence-electron chi connectivity index (χ2n) is 7.79. The summed E-state index contributed by atoms with van der Waals surface area (Å²) in [6, 6.07) is 16.8. The predicted octanol–water partition coefficient (Wildman–Crippen LogP) is 4.54. The largest absolute Gasteiger partial charge is 0.496 e. The highest BCUT2D eigenvalue weighted by molar-refractivity contribution is 8.16. The number of esters is 1. The molecule has 176 valence electrons. The van der Waals surface area contributed by atoms with Gasteiger partial charge in [0.25, 0.3) is 0 Å². The molecule has 2 aromatic carbocycles. The van der Waals surface area contributed by atoms with Crippen molar-refractivity contribution in [2.75, 3.05) is 13.7 Å². The van der Waals surface area contributed by atoms with Gasteiger partial charge in [-0.3, -0.25) is 4.79 Å². The second-order valence-corrected chi connectivity index (χ2v) is 8.63. The number of methoxy groups -OCH3 is 1. The van der Waals surface area contributed by atoms with Crippen LogP contribution in [0.3, 0.4) is 0 Å². The number of carbonyl (C=O) groups excluding carboxylic acids is 2. The molecule has 0 aliphatic carbocycles. The fraction of sp³-hybridized carbons (Fsp3) is 0.269. The van der Waals surface area contributed by atoms with Gasteiger partial charge in [-0.15, -0.1) is 0 Å². The lowest BCUT2D eigenvalue weighted by molar-refractivity contribution is -0.139. The van der Waals surface area contributed by atoms with Crippen LogP contribution in [0.1, 0.15) is 37.4 Å². The Morgan fingerprint density at radius 1 is 1.12 bits per heavy atom. The number of carbonyl (C=O) groups is 2. The van der Waals surface area contributed by atoms with E-state index in [1.54, 1.807) is 14.0 Å². The number of nitrogens with zero attached hydrogens (tertiary/aromatic N) is 2. The minimum atomic E-state index is -0.522. The number of nitrogens with one attached hydrogen (secondary N) is 1. The van der Waals surface area contributed by atoms with Crippen LogP contribution in [0.25, 0.3) is 0 Å². The summed E-state index contributed by atoms with van der Waals surface area (Å²) in [5.41, 5.74) is 3.63. The maximum absolute atomic E-state index is 13.0. The van der Waals surface area contributed by atoms with Crippen molar-refractivity contribution in [3.05, 3.63) is 88.1 Å². The first-order chi connectivity index (χ1) is 16.5. The van der Waals surface area contributed by atoms with E-state index in [0.717, 1.165) is 16.8 Å². The van der Waals surface area contributed by atoms with Gasteiger partial charge >= 0.3 is 5.97 Å². The van der Waals surface area contributed by atoms with Gasteiger partial charge < -0.3 is 19.7 Å². The topological polar surface area (TPSA) is 80.2 Å². The number of rotatable bonds is 8. The smallest absolute Gasteiger partial charge is 0.338 e. The van der Waals surface area contributed by atoms with Gasteiger partial charge in [0.1, 0.15) is 5.75 Å². The monoisotopic (exact) mass is 477 g/mol.